The van der Waals surface area contributed by atoms with Crippen LogP contribution in [0.25, 0.3) is 6.08 Å². The molecular formula is C21H17ClN2O4S. The molecule has 1 aliphatic rings. The van der Waals surface area contributed by atoms with Gasteiger partial charge in [-0.25, -0.2) is 9.79 Å². The van der Waals surface area contributed by atoms with Crippen molar-refractivity contribution in [2.45, 2.75) is 19.9 Å². The Hall–Kier alpha value is -2.90. The lowest BCUT2D eigenvalue weighted by Crippen LogP contribution is -2.39. The number of aromatic nitrogens is 1. The first-order valence-corrected chi connectivity index (χ1v) is 10.0. The number of methoxy groups -OCH3 is 1. The predicted molar refractivity (Wildman–Crippen MR) is 111 cm³/mol. The van der Waals surface area contributed by atoms with Gasteiger partial charge in [-0.1, -0.05) is 41.1 Å². The van der Waals surface area contributed by atoms with Crippen molar-refractivity contribution in [3.63, 3.8) is 0 Å². The number of carbonyl (C=O) groups excluding carboxylic acids is 1. The first-order chi connectivity index (χ1) is 13.9. The highest BCUT2D eigenvalue weighted by Crippen LogP contribution is 2.34. The minimum Gasteiger partial charge on any atom is -0.466 e. The van der Waals surface area contributed by atoms with Crippen LogP contribution in [0.5, 0.6) is 0 Å². The van der Waals surface area contributed by atoms with Gasteiger partial charge in [0.05, 0.1) is 22.9 Å². The van der Waals surface area contributed by atoms with E-state index < -0.39 is 12.0 Å². The summed E-state index contributed by atoms with van der Waals surface area (Å²) in [6, 6.07) is 10.0. The van der Waals surface area contributed by atoms with Crippen LogP contribution in [-0.2, 0) is 9.53 Å². The van der Waals surface area contributed by atoms with Gasteiger partial charge in [0.1, 0.15) is 17.6 Å². The molecule has 1 aliphatic heterocycles. The Morgan fingerprint density at radius 1 is 1.28 bits per heavy atom. The lowest BCUT2D eigenvalue weighted by Gasteiger charge is -2.25. The summed E-state index contributed by atoms with van der Waals surface area (Å²) in [5.41, 5.74) is 1.13. The third kappa shape index (κ3) is 3.36. The summed E-state index contributed by atoms with van der Waals surface area (Å²) in [7, 11) is 1.30. The molecule has 0 unspecified atom stereocenters. The molecule has 4 rings (SSSR count). The van der Waals surface area contributed by atoms with Crippen LogP contribution >= 0.6 is 22.9 Å². The van der Waals surface area contributed by atoms with Crippen molar-refractivity contribution in [3.05, 3.63) is 89.5 Å². The van der Waals surface area contributed by atoms with E-state index >= 15 is 0 Å². The average Bonchev–Trinajstić information content (AvgIpc) is 3.24. The maximum Gasteiger partial charge on any atom is 0.338 e. The first-order valence-electron chi connectivity index (χ1n) is 8.82. The molecule has 0 radical (unpaired) electrons. The number of aryl methyl sites for hydroxylation is 1. The summed E-state index contributed by atoms with van der Waals surface area (Å²) in [6.07, 6.45) is 1.68. The van der Waals surface area contributed by atoms with E-state index in [9.17, 15) is 9.59 Å². The van der Waals surface area contributed by atoms with Crippen molar-refractivity contribution in [2.75, 3.05) is 7.11 Å². The molecule has 3 aromatic rings. The lowest BCUT2D eigenvalue weighted by molar-refractivity contribution is -0.136. The maximum atomic E-state index is 13.3. The molecule has 8 heteroatoms. The van der Waals surface area contributed by atoms with Crippen molar-refractivity contribution in [2.24, 2.45) is 4.99 Å². The minimum absolute atomic E-state index is 0.276. The molecule has 0 aliphatic carbocycles. The Balaban J connectivity index is 2.01. The number of furan rings is 1. The Morgan fingerprint density at radius 2 is 2.03 bits per heavy atom. The quantitative estimate of drug-likeness (QED) is 0.601. The van der Waals surface area contributed by atoms with Crippen LogP contribution in [0.15, 0.2) is 61.9 Å². The molecule has 0 saturated carbocycles. The van der Waals surface area contributed by atoms with E-state index in [1.807, 2.05) is 19.1 Å². The fourth-order valence-corrected chi connectivity index (χ4v) is 4.61. The molecule has 2 aromatic heterocycles. The summed E-state index contributed by atoms with van der Waals surface area (Å²) >= 11 is 7.67. The van der Waals surface area contributed by atoms with Crippen LogP contribution < -0.4 is 14.9 Å². The van der Waals surface area contributed by atoms with Gasteiger partial charge in [0.15, 0.2) is 4.80 Å². The van der Waals surface area contributed by atoms with Gasteiger partial charge in [0.25, 0.3) is 5.56 Å². The largest absolute Gasteiger partial charge is 0.466 e. The highest BCUT2D eigenvalue weighted by molar-refractivity contribution is 7.07. The minimum atomic E-state index is -0.729. The van der Waals surface area contributed by atoms with E-state index in [4.69, 9.17) is 20.8 Å². The standard InChI is InChI=1S/C21H17ClN2O4S/c1-11-8-9-13(28-11)10-16-19(25)24-18(14-6-4-5-7-15(14)22)17(20(26)27-3)12(2)23-21(24)29-16/h4-10,18H,1-3H3/b16-10-/t18-/m1/s1. The number of rotatable bonds is 3. The number of benzene rings is 1. The third-order valence-corrected chi connectivity index (χ3v) is 5.99. The third-order valence-electron chi connectivity index (χ3n) is 4.66. The summed E-state index contributed by atoms with van der Waals surface area (Å²) in [5.74, 6) is 0.778. The van der Waals surface area contributed by atoms with Gasteiger partial charge in [-0.05, 0) is 37.6 Å². The van der Waals surface area contributed by atoms with E-state index in [-0.39, 0.29) is 11.1 Å². The molecule has 148 valence electrons. The van der Waals surface area contributed by atoms with E-state index in [2.05, 4.69) is 4.99 Å². The topological polar surface area (TPSA) is 73.8 Å². The summed E-state index contributed by atoms with van der Waals surface area (Å²) in [4.78, 5) is 30.9. The molecule has 1 atom stereocenters. The monoisotopic (exact) mass is 428 g/mol. The van der Waals surface area contributed by atoms with Crippen LogP contribution in [0.2, 0.25) is 5.02 Å². The number of hydrogen-bond donors (Lipinski definition) is 0. The van der Waals surface area contributed by atoms with Gasteiger partial charge in [-0.15, -0.1) is 0 Å². The zero-order valence-corrected chi connectivity index (χ0v) is 17.5. The second-order valence-corrected chi connectivity index (χ2v) is 7.96. The number of esters is 1. The fourth-order valence-electron chi connectivity index (χ4n) is 3.34. The molecule has 0 bridgehead atoms. The van der Waals surface area contributed by atoms with Crippen molar-refractivity contribution < 1.29 is 13.9 Å². The number of nitrogens with zero attached hydrogens (tertiary/aromatic N) is 2. The Labute approximate surface area is 175 Å². The van der Waals surface area contributed by atoms with Gasteiger partial charge in [-0.3, -0.25) is 9.36 Å². The van der Waals surface area contributed by atoms with E-state index in [1.54, 1.807) is 37.3 Å². The van der Waals surface area contributed by atoms with Crippen molar-refractivity contribution in [1.82, 2.24) is 4.57 Å². The summed E-state index contributed by atoms with van der Waals surface area (Å²) in [6.45, 7) is 3.56. The van der Waals surface area contributed by atoms with Crippen LogP contribution in [0.1, 0.15) is 30.0 Å². The highest BCUT2D eigenvalue weighted by Gasteiger charge is 2.34. The molecule has 29 heavy (non-hydrogen) atoms. The molecule has 0 amide bonds. The van der Waals surface area contributed by atoms with E-state index in [0.717, 1.165) is 5.76 Å². The molecule has 3 heterocycles. The number of halogens is 1. The molecule has 0 spiro atoms. The van der Waals surface area contributed by atoms with Gasteiger partial charge in [-0.2, -0.15) is 0 Å². The second-order valence-electron chi connectivity index (χ2n) is 6.54. The first kappa shape index (κ1) is 19.4. The molecule has 1 aromatic carbocycles. The number of ether oxygens (including phenoxy) is 1. The van der Waals surface area contributed by atoms with Crippen LogP contribution in [-0.4, -0.2) is 17.6 Å². The Bertz CT molecular complexity index is 1330. The highest BCUT2D eigenvalue weighted by atomic mass is 35.5. The summed E-state index contributed by atoms with van der Waals surface area (Å²) in [5, 5.41) is 0.449. The van der Waals surface area contributed by atoms with Crippen LogP contribution in [0.4, 0.5) is 0 Å². The van der Waals surface area contributed by atoms with Crippen LogP contribution in [0, 0.1) is 6.92 Å². The van der Waals surface area contributed by atoms with E-state index in [1.165, 1.54) is 23.0 Å². The maximum absolute atomic E-state index is 13.3. The van der Waals surface area contributed by atoms with Gasteiger partial charge < -0.3 is 9.15 Å². The number of carbonyl (C=O) groups is 1. The molecule has 0 saturated heterocycles. The van der Waals surface area contributed by atoms with Crippen molar-refractivity contribution >= 4 is 35.0 Å². The number of thiazole rings is 1. The average molecular weight is 429 g/mol. The number of allylic oxidation sites excluding steroid dienone is 1. The zero-order chi connectivity index (χ0) is 20.7. The molecule has 6 nitrogen and oxygen atoms in total. The Kier molecular flexibility index (Phi) is 5.02. The predicted octanol–water partition coefficient (Wildman–Crippen LogP) is 2.96. The summed E-state index contributed by atoms with van der Waals surface area (Å²) < 4.78 is 12.5. The smallest absolute Gasteiger partial charge is 0.338 e. The van der Waals surface area contributed by atoms with Gasteiger partial charge >= 0.3 is 5.97 Å². The number of hydrogen-bond acceptors (Lipinski definition) is 6. The normalized spacial score (nSPS) is 16.6. The SMILES string of the molecule is COC(=O)C1=C(C)N=c2s/c(=C\c3ccc(C)o3)c(=O)n2[C@@H]1c1ccccc1Cl. The fraction of sp³-hybridized carbons (Fsp3) is 0.190. The van der Waals surface area contributed by atoms with Crippen molar-refractivity contribution in [1.29, 1.82) is 0 Å². The lowest BCUT2D eigenvalue weighted by atomic mass is 9.96. The second kappa shape index (κ2) is 7.50. The van der Waals surface area contributed by atoms with Crippen LogP contribution in [0.3, 0.4) is 0 Å². The van der Waals surface area contributed by atoms with Crippen molar-refractivity contribution in [3.8, 4) is 0 Å². The van der Waals surface area contributed by atoms with Gasteiger partial charge in [0.2, 0.25) is 0 Å². The molecule has 0 fully saturated rings. The number of fused-ring (bicyclic) bond motifs is 1. The van der Waals surface area contributed by atoms with Gasteiger partial charge in [0, 0.05) is 11.1 Å². The molecular weight excluding hydrogens is 412 g/mol. The Morgan fingerprint density at radius 3 is 2.69 bits per heavy atom. The zero-order valence-electron chi connectivity index (χ0n) is 15.9. The van der Waals surface area contributed by atoms with E-state index in [0.29, 0.717) is 31.4 Å². The molecule has 0 N–H and O–H groups in total.